The van der Waals surface area contributed by atoms with Gasteiger partial charge in [0, 0.05) is 16.0 Å². The van der Waals surface area contributed by atoms with Crippen LogP contribution >= 0.6 is 11.3 Å². The van der Waals surface area contributed by atoms with E-state index in [1.807, 2.05) is 66.7 Å². The molecule has 31 heavy (non-hydrogen) atoms. The number of thiazole rings is 1. The molecule has 3 N–H and O–H groups in total. The Morgan fingerprint density at radius 2 is 1.39 bits per heavy atom. The lowest BCUT2D eigenvalue weighted by Crippen LogP contribution is -2.38. The summed E-state index contributed by atoms with van der Waals surface area (Å²) in [5.41, 5.74) is 8.91. The fraction of sp³-hybridized carbons (Fsp3) is 0.0800. The van der Waals surface area contributed by atoms with Gasteiger partial charge in [0.25, 0.3) is 0 Å². The lowest BCUT2D eigenvalue weighted by Gasteiger charge is -2.15. The lowest BCUT2D eigenvalue weighted by molar-refractivity contribution is -0.127. The first-order valence-electron chi connectivity index (χ1n) is 9.86. The lowest BCUT2D eigenvalue weighted by atomic mass is 10.1. The molecule has 0 fully saturated rings. The molecule has 154 valence electrons. The summed E-state index contributed by atoms with van der Waals surface area (Å²) in [4.78, 5) is 30.5. The molecular formula is C25H21N3O2S. The maximum absolute atomic E-state index is 12.9. The van der Waals surface area contributed by atoms with Crippen molar-refractivity contribution in [2.75, 3.05) is 0 Å². The molecule has 3 aromatic carbocycles. The SMILES string of the molecule is NC(=O)[C@@H](NC(=O)Cc1sc(-c2ccccc2)nc1-c1ccccc1)c1ccccc1. The average Bonchev–Trinajstić information content (AvgIpc) is 3.22. The molecule has 0 aliphatic carbocycles. The Morgan fingerprint density at radius 1 is 0.839 bits per heavy atom. The van der Waals surface area contributed by atoms with E-state index >= 15 is 0 Å². The third kappa shape index (κ3) is 4.87. The second-order valence-corrected chi connectivity index (χ2v) is 8.10. The fourth-order valence-electron chi connectivity index (χ4n) is 3.32. The molecule has 5 nitrogen and oxygen atoms in total. The van der Waals surface area contributed by atoms with Crippen molar-refractivity contribution in [2.45, 2.75) is 12.5 Å². The minimum absolute atomic E-state index is 0.103. The third-order valence-corrected chi connectivity index (χ3v) is 5.91. The van der Waals surface area contributed by atoms with E-state index in [4.69, 9.17) is 10.7 Å². The number of nitrogens with two attached hydrogens (primary N) is 1. The standard InChI is InChI=1S/C25H21N3O2S/c26-24(30)23(18-12-6-2-7-13-18)27-21(29)16-20-22(17-10-4-1-5-11-17)28-25(31-20)19-14-8-3-9-15-19/h1-15,23H,16H2,(H2,26,30)(H,27,29)/t23-/m0/s1. The topological polar surface area (TPSA) is 85.1 Å². The van der Waals surface area contributed by atoms with E-state index in [2.05, 4.69) is 5.32 Å². The highest BCUT2D eigenvalue weighted by molar-refractivity contribution is 7.15. The van der Waals surface area contributed by atoms with Crippen LogP contribution in [0.2, 0.25) is 0 Å². The van der Waals surface area contributed by atoms with Crippen LogP contribution in [0.1, 0.15) is 16.5 Å². The molecule has 4 aromatic rings. The molecule has 2 amide bonds. The Bertz CT molecular complexity index is 1180. The van der Waals surface area contributed by atoms with Gasteiger partial charge in [-0.1, -0.05) is 91.0 Å². The maximum Gasteiger partial charge on any atom is 0.244 e. The van der Waals surface area contributed by atoms with Gasteiger partial charge in [0.15, 0.2) is 0 Å². The molecule has 0 saturated carbocycles. The molecule has 0 aliphatic heterocycles. The number of hydrogen-bond acceptors (Lipinski definition) is 4. The van der Waals surface area contributed by atoms with Crippen LogP contribution < -0.4 is 11.1 Å². The second-order valence-electron chi connectivity index (χ2n) is 7.01. The van der Waals surface area contributed by atoms with Crippen LogP contribution in [0.4, 0.5) is 0 Å². The smallest absolute Gasteiger partial charge is 0.244 e. The molecule has 0 bridgehead atoms. The molecule has 0 saturated heterocycles. The molecule has 1 heterocycles. The Labute approximate surface area is 184 Å². The quantitative estimate of drug-likeness (QED) is 0.459. The molecule has 0 radical (unpaired) electrons. The summed E-state index contributed by atoms with van der Waals surface area (Å²) in [6, 6.07) is 27.8. The first-order valence-corrected chi connectivity index (χ1v) is 10.7. The summed E-state index contributed by atoms with van der Waals surface area (Å²) in [5, 5.41) is 3.62. The van der Waals surface area contributed by atoms with Crippen LogP contribution in [0.15, 0.2) is 91.0 Å². The van der Waals surface area contributed by atoms with Gasteiger partial charge in [-0.05, 0) is 5.56 Å². The molecule has 0 unspecified atom stereocenters. The van der Waals surface area contributed by atoms with E-state index in [-0.39, 0.29) is 12.3 Å². The molecule has 1 atom stereocenters. The predicted molar refractivity (Wildman–Crippen MR) is 123 cm³/mol. The Morgan fingerprint density at radius 3 is 1.97 bits per heavy atom. The van der Waals surface area contributed by atoms with Gasteiger partial charge in [-0.2, -0.15) is 0 Å². The van der Waals surface area contributed by atoms with Crippen LogP contribution in [0.3, 0.4) is 0 Å². The molecule has 6 heteroatoms. The van der Waals surface area contributed by atoms with Crippen molar-refractivity contribution in [3.05, 3.63) is 101 Å². The Balaban J connectivity index is 1.63. The van der Waals surface area contributed by atoms with E-state index in [0.29, 0.717) is 5.56 Å². The number of carbonyl (C=O) groups excluding carboxylic acids is 2. The van der Waals surface area contributed by atoms with Gasteiger partial charge in [-0.3, -0.25) is 9.59 Å². The largest absolute Gasteiger partial charge is 0.368 e. The van der Waals surface area contributed by atoms with Gasteiger partial charge in [-0.25, -0.2) is 4.98 Å². The average molecular weight is 428 g/mol. The number of benzene rings is 3. The summed E-state index contributed by atoms with van der Waals surface area (Å²) in [5.74, 6) is -0.884. The zero-order chi connectivity index (χ0) is 21.6. The monoisotopic (exact) mass is 427 g/mol. The number of hydrogen-bond donors (Lipinski definition) is 2. The third-order valence-electron chi connectivity index (χ3n) is 4.81. The number of primary amides is 1. The van der Waals surface area contributed by atoms with Gasteiger partial charge in [0.1, 0.15) is 11.0 Å². The van der Waals surface area contributed by atoms with Crippen LogP contribution in [-0.4, -0.2) is 16.8 Å². The fourth-order valence-corrected chi connectivity index (χ4v) is 4.41. The van der Waals surface area contributed by atoms with E-state index in [1.165, 1.54) is 11.3 Å². The van der Waals surface area contributed by atoms with Crippen LogP contribution in [0.5, 0.6) is 0 Å². The predicted octanol–water partition coefficient (Wildman–Crippen LogP) is 4.36. The molecular weight excluding hydrogens is 406 g/mol. The Kier molecular flexibility index (Phi) is 6.19. The zero-order valence-electron chi connectivity index (χ0n) is 16.7. The number of rotatable bonds is 7. The second kappa shape index (κ2) is 9.36. The summed E-state index contributed by atoms with van der Waals surface area (Å²) in [7, 11) is 0. The van der Waals surface area contributed by atoms with Crippen molar-refractivity contribution in [2.24, 2.45) is 5.73 Å². The highest BCUT2D eigenvalue weighted by atomic mass is 32.1. The molecule has 4 rings (SSSR count). The molecule has 1 aromatic heterocycles. The minimum Gasteiger partial charge on any atom is -0.368 e. The summed E-state index contributed by atoms with van der Waals surface area (Å²) < 4.78 is 0. The number of nitrogens with one attached hydrogen (secondary N) is 1. The van der Waals surface area contributed by atoms with Crippen LogP contribution in [0, 0.1) is 0 Å². The normalized spacial score (nSPS) is 11.6. The van der Waals surface area contributed by atoms with Gasteiger partial charge < -0.3 is 11.1 Å². The highest BCUT2D eigenvalue weighted by Gasteiger charge is 2.22. The number of nitrogens with zero attached hydrogens (tertiary/aromatic N) is 1. The maximum atomic E-state index is 12.9. The molecule has 0 aliphatic rings. The summed E-state index contributed by atoms with van der Waals surface area (Å²) in [6.07, 6.45) is 0.103. The van der Waals surface area contributed by atoms with Gasteiger partial charge in [0.2, 0.25) is 11.8 Å². The van der Waals surface area contributed by atoms with Gasteiger partial charge in [0.05, 0.1) is 12.1 Å². The van der Waals surface area contributed by atoms with Crippen molar-refractivity contribution < 1.29 is 9.59 Å². The van der Waals surface area contributed by atoms with Crippen molar-refractivity contribution in [1.82, 2.24) is 10.3 Å². The van der Waals surface area contributed by atoms with Gasteiger partial charge >= 0.3 is 0 Å². The van der Waals surface area contributed by atoms with E-state index in [0.717, 1.165) is 26.7 Å². The van der Waals surface area contributed by atoms with Crippen molar-refractivity contribution in [1.29, 1.82) is 0 Å². The number of amides is 2. The van der Waals surface area contributed by atoms with Crippen molar-refractivity contribution >= 4 is 23.2 Å². The van der Waals surface area contributed by atoms with E-state index in [9.17, 15) is 9.59 Å². The number of aromatic nitrogens is 1. The zero-order valence-corrected chi connectivity index (χ0v) is 17.5. The summed E-state index contributed by atoms with van der Waals surface area (Å²) in [6.45, 7) is 0. The number of carbonyl (C=O) groups is 2. The van der Waals surface area contributed by atoms with E-state index in [1.54, 1.807) is 24.3 Å². The first-order chi connectivity index (χ1) is 15.1. The molecule has 0 spiro atoms. The summed E-state index contributed by atoms with van der Waals surface area (Å²) >= 11 is 1.48. The van der Waals surface area contributed by atoms with Crippen molar-refractivity contribution in [3.8, 4) is 21.8 Å². The van der Waals surface area contributed by atoms with E-state index < -0.39 is 11.9 Å². The van der Waals surface area contributed by atoms with Crippen molar-refractivity contribution in [3.63, 3.8) is 0 Å². The Hall–Kier alpha value is -3.77. The highest BCUT2D eigenvalue weighted by Crippen LogP contribution is 2.34. The van der Waals surface area contributed by atoms with Gasteiger partial charge in [-0.15, -0.1) is 11.3 Å². The first kappa shape index (κ1) is 20.5. The van der Waals surface area contributed by atoms with Crippen LogP contribution in [-0.2, 0) is 16.0 Å². The van der Waals surface area contributed by atoms with Crippen LogP contribution in [0.25, 0.3) is 21.8 Å². The minimum atomic E-state index is -0.879.